The van der Waals surface area contributed by atoms with Crippen molar-refractivity contribution >= 4 is 21.8 Å². The highest BCUT2D eigenvalue weighted by atomic mass is 32.2. The van der Waals surface area contributed by atoms with Crippen molar-refractivity contribution in [3.8, 4) is 11.8 Å². The number of amides is 1. The molecule has 1 fully saturated rings. The van der Waals surface area contributed by atoms with Crippen LogP contribution in [0.5, 0.6) is 0 Å². The lowest BCUT2D eigenvalue weighted by Gasteiger charge is -2.33. The van der Waals surface area contributed by atoms with Crippen molar-refractivity contribution < 1.29 is 22.7 Å². The summed E-state index contributed by atoms with van der Waals surface area (Å²) in [5.41, 5.74) is 0.906. The third-order valence-corrected chi connectivity index (χ3v) is 4.80. The largest absolute Gasteiger partial charge is 0.444 e. The summed E-state index contributed by atoms with van der Waals surface area (Å²) in [5, 5.41) is 0. The van der Waals surface area contributed by atoms with Crippen LogP contribution < -0.4 is 4.72 Å². The summed E-state index contributed by atoms with van der Waals surface area (Å²) in [4.78, 5) is 18.3. The van der Waals surface area contributed by atoms with Crippen LogP contribution in [0.25, 0.3) is 0 Å². The highest BCUT2D eigenvalue weighted by molar-refractivity contribution is 7.92. The molecular formula is C21H31N3O5S. The van der Waals surface area contributed by atoms with Gasteiger partial charge >= 0.3 is 6.09 Å². The molecule has 30 heavy (non-hydrogen) atoms. The first-order valence-corrected chi connectivity index (χ1v) is 11.9. The molecule has 0 spiro atoms. The van der Waals surface area contributed by atoms with E-state index in [2.05, 4.69) is 21.5 Å². The van der Waals surface area contributed by atoms with Crippen molar-refractivity contribution in [3.63, 3.8) is 0 Å². The third kappa shape index (κ3) is 8.20. The topological polar surface area (TPSA) is 97.8 Å². The van der Waals surface area contributed by atoms with Crippen molar-refractivity contribution in [3.05, 3.63) is 23.5 Å². The maximum absolute atomic E-state index is 12.2. The molecule has 0 unspecified atom stereocenters. The Morgan fingerprint density at radius 1 is 1.30 bits per heavy atom. The van der Waals surface area contributed by atoms with Gasteiger partial charge in [-0.05, 0) is 51.7 Å². The van der Waals surface area contributed by atoms with Crippen molar-refractivity contribution in [2.75, 3.05) is 24.1 Å². The van der Waals surface area contributed by atoms with Crippen LogP contribution in [0.3, 0.4) is 0 Å². The van der Waals surface area contributed by atoms with E-state index in [4.69, 9.17) is 9.47 Å². The highest BCUT2D eigenvalue weighted by Gasteiger charge is 2.27. The average molecular weight is 438 g/mol. The molecule has 1 aliphatic heterocycles. The second-order valence-electron chi connectivity index (χ2n) is 8.20. The lowest BCUT2D eigenvalue weighted by atomic mass is 10.1. The van der Waals surface area contributed by atoms with Crippen LogP contribution in [0.1, 0.15) is 58.3 Å². The van der Waals surface area contributed by atoms with Crippen molar-refractivity contribution in [2.24, 2.45) is 0 Å². The molecule has 1 N–H and O–H groups in total. The fourth-order valence-electron chi connectivity index (χ4n) is 2.88. The zero-order valence-corrected chi connectivity index (χ0v) is 19.1. The lowest BCUT2D eigenvalue weighted by molar-refractivity contribution is -0.0176. The van der Waals surface area contributed by atoms with Crippen molar-refractivity contribution in [2.45, 2.75) is 65.3 Å². The molecule has 1 aliphatic rings. The van der Waals surface area contributed by atoms with Gasteiger partial charge in [0.05, 0.1) is 30.3 Å². The second-order valence-corrected chi connectivity index (χ2v) is 9.95. The molecule has 1 aromatic heterocycles. The molecule has 8 nitrogen and oxygen atoms in total. The molecule has 166 valence electrons. The molecule has 1 amide bonds. The highest BCUT2D eigenvalue weighted by Crippen LogP contribution is 2.21. The van der Waals surface area contributed by atoms with E-state index < -0.39 is 15.6 Å². The van der Waals surface area contributed by atoms with Gasteiger partial charge in [-0.25, -0.2) is 18.2 Å². The molecule has 0 radical (unpaired) electrons. The Bertz CT molecular complexity index is 905. The molecular weight excluding hydrogens is 406 g/mol. The number of hydrogen-bond acceptors (Lipinski definition) is 6. The number of sulfonamides is 1. The van der Waals surface area contributed by atoms with Gasteiger partial charge in [-0.3, -0.25) is 4.72 Å². The number of pyridine rings is 1. The number of likely N-dealkylation sites (tertiary alicyclic amines) is 1. The standard InChI is InChI=1S/C21H31N3O5S/c1-6-7-8-16-9-10-18(23-30(5,26)27)19(22-16)15-28-17-11-13-24(14-12-17)20(25)29-21(2,3)4/h9-10,17,23H,6,11-15H2,1-5H3. The zero-order valence-electron chi connectivity index (χ0n) is 18.3. The van der Waals surface area contributed by atoms with Gasteiger partial charge in [-0.1, -0.05) is 12.8 Å². The molecule has 0 bridgehead atoms. The molecule has 2 rings (SSSR count). The van der Waals surface area contributed by atoms with Crippen molar-refractivity contribution in [1.82, 2.24) is 9.88 Å². The second kappa shape index (κ2) is 10.1. The van der Waals surface area contributed by atoms with Crippen LogP contribution in [0.15, 0.2) is 12.1 Å². The molecule has 1 saturated heterocycles. The van der Waals surface area contributed by atoms with Crippen LogP contribution in [-0.2, 0) is 26.1 Å². The monoisotopic (exact) mass is 437 g/mol. The van der Waals surface area contributed by atoms with E-state index in [0.717, 1.165) is 6.26 Å². The normalized spacial score (nSPS) is 15.3. The predicted molar refractivity (Wildman–Crippen MR) is 115 cm³/mol. The fourth-order valence-corrected chi connectivity index (χ4v) is 3.47. The number of aromatic nitrogens is 1. The molecule has 0 saturated carbocycles. The van der Waals surface area contributed by atoms with Crippen LogP contribution in [-0.4, -0.2) is 55.4 Å². The first-order valence-electron chi connectivity index (χ1n) is 10.0. The number of nitrogens with one attached hydrogen (secondary N) is 1. The zero-order chi connectivity index (χ0) is 22.4. The summed E-state index contributed by atoms with van der Waals surface area (Å²) < 4.78 is 37.2. The lowest BCUT2D eigenvalue weighted by Crippen LogP contribution is -2.43. The molecule has 0 aliphatic carbocycles. The Labute approximate surface area is 179 Å². The van der Waals surface area contributed by atoms with E-state index in [9.17, 15) is 13.2 Å². The fraction of sp³-hybridized carbons (Fsp3) is 0.619. The maximum Gasteiger partial charge on any atom is 0.410 e. The van der Waals surface area contributed by atoms with Gasteiger partial charge in [-0.15, -0.1) is 0 Å². The van der Waals surface area contributed by atoms with Gasteiger partial charge < -0.3 is 14.4 Å². The van der Waals surface area contributed by atoms with Gasteiger partial charge in [0, 0.05) is 19.5 Å². The Hall–Kier alpha value is -2.31. The van der Waals surface area contributed by atoms with Crippen LogP contribution >= 0.6 is 0 Å². The summed E-state index contributed by atoms with van der Waals surface area (Å²) in [6, 6.07) is 3.33. The molecule has 2 heterocycles. The molecule has 9 heteroatoms. The third-order valence-electron chi connectivity index (χ3n) is 4.21. The molecule has 0 atom stereocenters. The summed E-state index contributed by atoms with van der Waals surface area (Å²) in [6.45, 7) is 8.71. The van der Waals surface area contributed by atoms with E-state index in [1.54, 1.807) is 17.0 Å². The van der Waals surface area contributed by atoms with Crippen molar-refractivity contribution in [1.29, 1.82) is 0 Å². The summed E-state index contributed by atoms with van der Waals surface area (Å²) in [6.07, 6.45) is 2.76. The minimum atomic E-state index is -3.44. The Balaban J connectivity index is 2.00. The Kier molecular flexibility index (Phi) is 8.10. The van der Waals surface area contributed by atoms with Crippen LogP contribution in [0, 0.1) is 11.8 Å². The predicted octanol–water partition coefficient (Wildman–Crippen LogP) is 3.13. The smallest absolute Gasteiger partial charge is 0.410 e. The number of carbonyl (C=O) groups excluding carboxylic acids is 1. The minimum absolute atomic E-state index is 0.0537. The number of anilines is 1. The number of nitrogens with zero attached hydrogens (tertiary/aromatic N) is 2. The summed E-state index contributed by atoms with van der Waals surface area (Å²) >= 11 is 0. The van der Waals surface area contributed by atoms with E-state index in [0.29, 0.717) is 49.4 Å². The average Bonchev–Trinajstić information content (AvgIpc) is 2.64. The summed E-state index contributed by atoms with van der Waals surface area (Å²) in [7, 11) is -3.44. The number of ether oxygens (including phenoxy) is 2. The first-order chi connectivity index (χ1) is 14.0. The maximum atomic E-state index is 12.2. The van der Waals surface area contributed by atoms with E-state index in [-0.39, 0.29) is 18.8 Å². The number of hydrogen-bond donors (Lipinski definition) is 1. The van der Waals surface area contributed by atoms with E-state index >= 15 is 0 Å². The number of rotatable bonds is 5. The SMILES string of the molecule is CCC#Cc1ccc(NS(C)(=O)=O)c(COC2CCN(C(=O)OC(C)(C)C)CC2)n1. The Morgan fingerprint density at radius 3 is 2.53 bits per heavy atom. The minimum Gasteiger partial charge on any atom is -0.444 e. The quantitative estimate of drug-likeness (QED) is 0.711. The Morgan fingerprint density at radius 2 is 1.97 bits per heavy atom. The van der Waals surface area contributed by atoms with Gasteiger partial charge in [0.2, 0.25) is 10.0 Å². The first kappa shape index (κ1) is 24.0. The van der Waals surface area contributed by atoms with Crippen LogP contribution in [0.4, 0.5) is 10.5 Å². The molecule has 0 aromatic carbocycles. The van der Waals surface area contributed by atoms with Gasteiger partial charge in [0.25, 0.3) is 0 Å². The van der Waals surface area contributed by atoms with E-state index in [1.807, 2.05) is 27.7 Å². The van der Waals surface area contributed by atoms with E-state index in [1.165, 1.54) is 0 Å². The van der Waals surface area contributed by atoms with Gasteiger partial charge in [-0.2, -0.15) is 0 Å². The summed E-state index contributed by atoms with van der Waals surface area (Å²) in [5.74, 6) is 5.90. The number of piperidine rings is 1. The number of carbonyl (C=O) groups is 1. The van der Waals surface area contributed by atoms with Gasteiger partial charge in [0.15, 0.2) is 0 Å². The van der Waals surface area contributed by atoms with Crippen LogP contribution in [0.2, 0.25) is 0 Å². The van der Waals surface area contributed by atoms with Gasteiger partial charge in [0.1, 0.15) is 11.3 Å². The molecule has 1 aromatic rings.